The van der Waals surface area contributed by atoms with Gasteiger partial charge in [0.2, 0.25) is 0 Å². The van der Waals surface area contributed by atoms with E-state index in [9.17, 15) is 13.2 Å². The first-order chi connectivity index (χ1) is 6.95. The maximum atomic E-state index is 12.8. The van der Waals surface area contributed by atoms with E-state index in [0.717, 1.165) is 0 Å². The molecule has 1 aliphatic rings. The minimum atomic E-state index is -4.11. The van der Waals surface area contributed by atoms with Gasteiger partial charge in [-0.15, -0.1) is 0 Å². The predicted octanol–water partition coefficient (Wildman–Crippen LogP) is 2.56. The van der Waals surface area contributed by atoms with E-state index < -0.39 is 11.6 Å². The Morgan fingerprint density at radius 3 is 2.20 bits per heavy atom. The van der Waals surface area contributed by atoms with Gasteiger partial charge in [0.25, 0.3) is 0 Å². The first-order valence-corrected chi connectivity index (χ1v) is 5.11. The Morgan fingerprint density at radius 1 is 1.33 bits per heavy atom. The fourth-order valence-electron chi connectivity index (χ4n) is 2.08. The molecule has 0 bridgehead atoms. The lowest BCUT2D eigenvalue weighted by molar-refractivity contribution is -0.238. The maximum Gasteiger partial charge on any atom is 0.394 e. The van der Waals surface area contributed by atoms with Crippen molar-refractivity contribution in [3.8, 4) is 6.07 Å². The van der Waals surface area contributed by atoms with Gasteiger partial charge in [-0.25, -0.2) is 0 Å². The Morgan fingerprint density at radius 2 is 1.87 bits per heavy atom. The van der Waals surface area contributed by atoms with E-state index in [1.165, 1.54) is 0 Å². The summed E-state index contributed by atoms with van der Waals surface area (Å²) in [5.74, 6) is 0. The summed E-state index contributed by atoms with van der Waals surface area (Å²) < 4.78 is 38.5. The third-order valence-electron chi connectivity index (χ3n) is 3.39. The van der Waals surface area contributed by atoms with Crippen molar-refractivity contribution in [1.82, 2.24) is 4.90 Å². The van der Waals surface area contributed by atoms with Crippen molar-refractivity contribution in [2.75, 3.05) is 19.6 Å². The minimum Gasteiger partial charge on any atom is -0.291 e. The molecule has 0 atom stereocenters. The Kier molecular flexibility index (Phi) is 3.61. The molecular weight excluding hydrogens is 205 g/mol. The average Bonchev–Trinajstić information content (AvgIpc) is 2.18. The van der Waals surface area contributed by atoms with Gasteiger partial charge < -0.3 is 0 Å². The highest BCUT2D eigenvalue weighted by atomic mass is 19.4. The molecule has 1 rings (SSSR count). The molecule has 0 aliphatic carbocycles. The molecular formula is C10H15F3N2. The Bertz CT molecular complexity index is 246. The lowest BCUT2D eigenvalue weighted by Crippen LogP contribution is -2.47. The third kappa shape index (κ3) is 2.43. The minimum absolute atomic E-state index is 0.120. The highest BCUT2D eigenvalue weighted by Gasteiger charge is 2.53. The quantitative estimate of drug-likeness (QED) is 0.669. The number of likely N-dealkylation sites (tertiary alicyclic amines) is 1. The normalized spacial score (nSPS) is 22.3. The zero-order chi connectivity index (χ0) is 11.5. The zero-order valence-corrected chi connectivity index (χ0v) is 8.77. The van der Waals surface area contributed by atoms with Crippen LogP contribution in [-0.2, 0) is 0 Å². The summed E-state index contributed by atoms with van der Waals surface area (Å²) in [6.07, 6.45) is -3.74. The highest BCUT2D eigenvalue weighted by Crippen LogP contribution is 2.48. The van der Waals surface area contributed by atoms with E-state index >= 15 is 0 Å². The molecule has 0 radical (unpaired) electrons. The lowest BCUT2D eigenvalue weighted by Gasteiger charge is -2.41. The van der Waals surface area contributed by atoms with Crippen molar-refractivity contribution in [2.45, 2.75) is 32.4 Å². The number of hydrogen-bond acceptors (Lipinski definition) is 2. The Labute approximate surface area is 87.7 Å². The fraction of sp³-hybridized carbons (Fsp3) is 0.900. The van der Waals surface area contributed by atoms with Gasteiger partial charge in [-0.1, -0.05) is 6.92 Å². The highest BCUT2D eigenvalue weighted by molar-refractivity contribution is 4.92. The van der Waals surface area contributed by atoms with Gasteiger partial charge in [0.1, 0.15) is 0 Å². The summed E-state index contributed by atoms with van der Waals surface area (Å²) in [5.41, 5.74) is -1.51. The van der Waals surface area contributed by atoms with Crippen molar-refractivity contribution in [3.05, 3.63) is 0 Å². The first-order valence-electron chi connectivity index (χ1n) is 5.11. The number of piperidine rings is 1. The van der Waals surface area contributed by atoms with Gasteiger partial charge >= 0.3 is 6.18 Å². The second-order valence-electron chi connectivity index (χ2n) is 4.07. The van der Waals surface area contributed by atoms with E-state index in [1.54, 1.807) is 11.8 Å². The molecule has 2 nitrogen and oxygen atoms in total. The van der Waals surface area contributed by atoms with Crippen LogP contribution in [0.2, 0.25) is 0 Å². The van der Waals surface area contributed by atoms with Crippen molar-refractivity contribution in [1.29, 1.82) is 5.26 Å². The van der Waals surface area contributed by atoms with Gasteiger partial charge in [-0.05, 0) is 32.4 Å². The molecule has 0 aromatic heterocycles. The van der Waals surface area contributed by atoms with E-state index in [-0.39, 0.29) is 25.8 Å². The number of hydrogen-bond donors (Lipinski definition) is 0. The molecule has 1 saturated heterocycles. The Balaban J connectivity index is 2.64. The van der Waals surface area contributed by atoms with E-state index in [2.05, 4.69) is 0 Å². The van der Waals surface area contributed by atoms with Crippen LogP contribution in [0.4, 0.5) is 13.2 Å². The standard InChI is InChI=1S/C10H15F3N2/c1-2-9(10(11,12)13)3-6-15(7-4-9)8-5-14/h2-4,6-8H2,1H3. The number of nitrogens with zero attached hydrogens (tertiary/aromatic N) is 2. The van der Waals surface area contributed by atoms with Gasteiger partial charge in [0, 0.05) is 0 Å². The maximum absolute atomic E-state index is 12.8. The molecule has 0 spiro atoms. The van der Waals surface area contributed by atoms with Gasteiger partial charge in [0.15, 0.2) is 0 Å². The van der Waals surface area contributed by atoms with Gasteiger partial charge in [-0.2, -0.15) is 18.4 Å². The summed E-state index contributed by atoms with van der Waals surface area (Å²) in [4.78, 5) is 1.78. The first kappa shape index (κ1) is 12.3. The van der Waals surface area contributed by atoms with Crippen molar-refractivity contribution in [3.63, 3.8) is 0 Å². The molecule has 0 aromatic carbocycles. The number of alkyl halides is 3. The van der Waals surface area contributed by atoms with Crippen LogP contribution in [0.15, 0.2) is 0 Å². The van der Waals surface area contributed by atoms with Crippen LogP contribution < -0.4 is 0 Å². The van der Waals surface area contributed by atoms with Crippen LogP contribution in [0.5, 0.6) is 0 Å². The van der Waals surface area contributed by atoms with Crippen molar-refractivity contribution in [2.24, 2.45) is 5.41 Å². The average molecular weight is 220 g/mol. The number of nitriles is 1. The smallest absolute Gasteiger partial charge is 0.291 e. The molecule has 1 aliphatic heterocycles. The molecule has 0 aromatic rings. The van der Waals surface area contributed by atoms with Crippen LogP contribution in [0.3, 0.4) is 0 Å². The second kappa shape index (κ2) is 4.40. The summed E-state index contributed by atoms with van der Waals surface area (Å²) in [6, 6.07) is 1.97. The molecule has 15 heavy (non-hydrogen) atoms. The Hall–Kier alpha value is -0.760. The monoisotopic (exact) mass is 220 g/mol. The summed E-state index contributed by atoms with van der Waals surface area (Å²) in [5, 5.41) is 8.45. The van der Waals surface area contributed by atoms with E-state index in [4.69, 9.17) is 5.26 Å². The van der Waals surface area contributed by atoms with Crippen LogP contribution in [0.1, 0.15) is 26.2 Å². The topological polar surface area (TPSA) is 27.0 Å². The van der Waals surface area contributed by atoms with Crippen LogP contribution in [0.25, 0.3) is 0 Å². The van der Waals surface area contributed by atoms with Crippen LogP contribution >= 0.6 is 0 Å². The summed E-state index contributed by atoms with van der Waals surface area (Å²) >= 11 is 0. The molecule has 86 valence electrons. The molecule has 0 unspecified atom stereocenters. The summed E-state index contributed by atoms with van der Waals surface area (Å²) in [7, 11) is 0. The molecule has 5 heteroatoms. The van der Waals surface area contributed by atoms with Crippen LogP contribution in [0, 0.1) is 16.7 Å². The molecule has 0 amide bonds. The predicted molar refractivity (Wildman–Crippen MR) is 50.1 cm³/mol. The molecule has 0 saturated carbocycles. The van der Waals surface area contributed by atoms with Gasteiger partial charge in [-0.3, -0.25) is 4.90 Å². The molecule has 1 fully saturated rings. The van der Waals surface area contributed by atoms with Crippen LogP contribution in [-0.4, -0.2) is 30.7 Å². The largest absolute Gasteiger partial charge is 0.394 e. The van der Waals surface area contributed by atoms with Crippen molar-refractivity contribution >= 4 is 0 Å². The SMILES string of the molecule is CCC1(C(F)(F)F)CCN(CC#N)CC1. The summed E-state index contributed by atoms with van der Waals surface area (Å²) in [6.45, 7) is 2.58. The number of rotatable bonds is 2. The van der Waals surface area contributed by atoms with E-state index in [1.807, 2.05) is 6.07 Å². The van der Waals surface area contributed by atoms with Gasteiger partial charge in [0.05, 0.1) is 18.0 Å². The zero-order valence-electron chi connectivity index (χ0n) is 8.77. The van der Waals surface area contributed by atoms with E-state index in [0.29, 0.717) is 13.1 Å². The third-order valence-corrected chi connectivity index (χ3v) is 3.39. The molecule has 0 N–H and O–H groups in total. The fourth-order valence-corrected chi connectivity index (χ4v) is 2.08. The second-order valence-corrected chi connectivity index (χ2v) is 4.07. The molecule has 1 heterocycles. The lowest BCUT2D eigenvalue weighted by atomic mass is 9.75. The van der Waals surface area contributed by atoms with Crippen molar-refractivity contribution < 1.29 is 13.2 Å². The number of halogens is 3.